The molecule has 0 fully saturated rings. The quantitative estimate of drug-likeness (QED) is 0.660. The molecule has 0 spiro atoms. The Balaban J connectivity index is 2.58. The third-order valence-corrected chi connectivity index (χ3v) is 4.26. The molecule has 0 saturated carbocycles. The van der Waals surface area contributed by atoms with Crippen LogP contribution in [0.15, 0.2) is 12.1 Å². The SMILES string of the molecule is CCC(CC)Cn1c(C(C)Cl)nc2cc(Cl)c(F)cc21. The van der Waals surface area contributed by atoms with Crippen molar-refractivity contribution < 1.29 is 4.39 Å². The van der Waals surface area contributed by atoms with E-state index in [9.17, 15) is 4.39 Å². The molecule has 0 radical (unpaired) electrons. The Morgan fingerprint density at radius 1 is 1.30 bits per heavy atom. The van der Waals surface area contributed by atoms with E-state index in [4.69, 9.17) is 23.2 Å². The van der Waals surface area contributed by atoms with Crippen molar-refractivity contribution in [1.29, 1.82) is 0 Å². The third-order valence-electron chi connectivity index (χ3n) is 3.77. The number of benzene rings is 1. The van der Waals surface area contributed by atoms with E-state index in [-0.39, 0.29) is 10.4 Å². The topological polar surface area (TPSA) is 17.8 Å². The number of imidazole rings is 1. The van der Waals surface area contributed by atoms with Crippen LogP contribution in [0.1, 0.15) is 44.8 Å². The minimum atomic E-state index is -0.418. The van der Waals surface area contributed by atoms with Gasteiger partial charge in [-0.25, -0.2) is 9.37 Å². The van der Waals surface area contributed by atoms with Crippen molar-refractivity contribution in [3.05, 3.63) is 28.8 Å². The van der Waals surface area contributed by atoms with Crippen molar-refractivity contribution in [2.75, 3.05) is 0 Å². The van der Waals surface area contributed by atoms with Crippen LogP contribution >= 0.6 is 23.2 Å². The lowest BCUT2D eigenvalue weighted by Gasteiger charge is -2.17. The fourth-order valence-electron chi connectivity index (χ4n) is 2.44. The number of alkyl halides is 1. The van der Waals surface area contributed by atoms with E-state index < -0.39 is 5.82 Å². The number of halogens is 3. The Morgan fingerprint density at radius 3 is 2.50 bits per heavy atom. The van der Waals surface area contributed by atoms with Gasteiger partial charge in [-0.05, 0) is 18.9 Å². The van der Waals surface area contributed by atoms with E-state index in [1.165, 1.54) is 6.07 Å². The van der Waals surface area contributed by atoms with Gasteiger partial charge in [0.25, 0.3) is 0 Å². The predicted molar refractivity (Wildman–Crippen MR) is 83.0 cm³/mol. The van der Waals surface area contributed by atoms with Gasteiger partial charge in [-0.1, -0.05) is 38.3 Å². The van der Waals surface area contributed by atoms with Gasteiger partial charge in [0, 0.05) is 12.6 Å². The molecule has 1 unspecified atom stereocenters. The maximum absolute atomic E-state index is 13.7. The molecule has 2 rings (SSSR count). The van der Waals surface area contributed by atoms with E-state index in [0.29, 0.717) is 11.4 Å². The van der Waals surface area contributed by atoms with Gasteiger partial charge >= 0.3 is 0 Å². The molecular weight excluding hydrogens is 298 g/mol. The van der Waals surface area contributed by atoms with Gasteiger partial charge in [0.2, 0.25) is 0 Å². The van der Waals surface area contributed by atoms with Gasteiger partial charge in [0.15, 0.2) is 0 Å². The van der Waals surface area contributed by atoms with Crippen LogP contribution in [0, 0.1) is 11.7 Å². The summed E-state index contributed by atoms with van der Waals surface area (Å²) in [6.45, 7) is 7.00. The summed E-state index contributed by atoms with van der Waals surface area (Å²) in [5.74, 6) is 0.883. The van der Waals surface area contributed by atoms with Gasteiger partial charge in [-0.15, -0.1) is 11.6 Å². The van der Waals surface area contributed by atoms with Crippen molar-refractivity contribution in [2.45, 2.75) is 45.5 Å². The lowest BCUT2D eigenvalue weighted by atomic mass is 10.0. The minimum Gasteiger partial charge on any atom is -0.326 e. The summed E-state index contributed by atoms with van der Waals surface area (Å²) >= 11 is 12.1. The molecule has 0 aliphatic rings. The molecule has 0 N–H and O–H groups in total. The molecule has 2 aromatic rings. The number of rotatable bonds is 5. The molecule has 0 amide bonds. The van der Waals surface area contributed by atoms with Crippen LogP contribution in [0.5, 0.6) is 0 Å². The summed E-state index contributed by atoms with van der Waals surface area (Å²) in [5, 5.41) is -0.128. The smallest absolute Gasteiger partial charge is 0.144 e. The van der Waals surface area contributed by atoms with Crippen molar-refractivity contribution in [1.82, 2.24) is 9.55 Å². The van der Waals surface area contributed by atoms with Gasteiger partial charge in [0.05, 0.1) is 21.4 Å². The normalized spacial score (nSPS) is 13.3. The van der Waals surface area contributed by atoms with Gasteiger partial charge in [-0.3, -0.25) is 0 Å². The predicted octanol–water partition coefficient (Wildman–Crippen LogP) is 5.56. The zero-order valence-corrected chi connectivity index (χ0v) is 13.5. The number of hydrogen-bond acceptors (Lipinski definition) is 1. The van der Waals surface area contributed by atoms with Crippen molar-refractivity contribution in [3.63, 3.8) is 0 Å². The second-order valence-electron chi connectivity index (χ2n) is 5.13. The Kier molecular flexibility index (Phi) is 4.92. The summed E-state index contributed by atoms with van der Waals surface area (Å²) in [6.07, 6.45) is 2.14. The molecule has 0 aliphatic heterocycles. The zero-order chi connectivity index (χ0) is 14.9. The molecule has 0 bridgehead atoms. The Labute approximate surface area is 128 Å². The molecule has 1 atom stereocenters. The van der Waals surface area contributed by atoms with Gasteiger partial charge in [-0.2, -0.15) is 0 Å². The zero-order valence-electron chi connectivity index (χ0n) is 12.0. The maximum Gasteiger partial charge on any atom is 0.144 e. The second kappa shape index (κ2) is 6.31. The third kappa shape index (κ3) is 2.94. The fraction of sp³-hybridized carbons (Fsp3) is 0.533. The van der Waals surface area contributed by atoms with Crippen LogP contribution in [0.2, 0.25) is 5.02 Å². The van der Waals surface area contributed by atoms with Crippen molar-refractivity contribution in [2.24, 2.45) is 5.92 Å². The average molecular weight is 317 g/mol. The minimum absolute atomic E-state index is 0.0958. The summed E-state index contributed by atoms with van der Waals surface area (Å²) in [7, 11) is 0. The van der Waals surface area contributed by atoms with E-state index >= 15 is 0 Å². The standard InChI is InChI=1S/C15H19Cl2FN2/c1-4-10(5-2)8-20-14-7-12(18)11(17)6-13(14)19-15(20)9(3)16/h6-7,9-10H,4-5,8H2,1-3H3. The summed E-state index contributed by atoms with van der Waals surface area (Å²) in [6, 6.07) is 3.02. The molecule has 20 heavy (non-hydrogen) atoms. The monoisotopic (exact) mass is 316 g/mol. The summed E-state index contributed by atoms with van der Waals surface area (Å²) in [5.41, 5.74) is 1.46. The first kappa shape index (κ1) is 15.6. The molecule has 110 valence electrons. The van der Waals surface area contributed by atoms with E-state index in [0.717, 1.165) is 30.7 Å². The van der Waals surface area contributed by atoms with E-state index in [1.54, 1.807) is 6.07 Å². The maximum atomic E-state index is 13.7. The van der Waals surface area contributed by atoms with Crippen LogP contribution in [0.3, 0.4) is 0 Å². The molecule has 5 heteroatoms. The largest absolute Gasteiger partial charge is 0.326 e. The van der Waals surface area contributed by atoms with Gasteiger partial charge in [0.1, 0.15) is 11.6 Å². The Morgan fingerprint density at radius 2 is 1.95 bits per heavy atom. The first-order valence-electron chi connectivity index (χ1n) is 6.97. The molecule has 1 aromatic carbocycles. The van der Waals surface area contributed by atoms with Crippen LogP contribution in [-0.2, 0) is 6.54 Å². The molecule has 0 saturated heterocycles. The average Bonchev–Trinajstić information content (AvgIpc) is 2.74. The van der Waals surface area contributed by atoms with E-state index in [1.807, 2.05) is 11.5 Å². The highest BCUT2D eigenvalue weighted by molar-refractivity contribution is 6.31. The second-order valence-corrected chi connectivity index (χ2v) is 6.20. The molecule has 1 heterocycles. The lowest BCUT2D eigenvalue weighted by molar-refractivity contribution is 0.416. The molecule has 2 nitrogen and oxygen atoms in total. The number of nitrogens with zero attached hydrogens (tertiary/aromatic N) is 2. The van der Waals surface area contributed by atoms with E-state index in [2.05, 4.69) is 18.8 Å². The lowest BCUT2D eigenvalue weighted by Crippen LogP contribution is -2.12. The van der Waals surface area contributed by atoms with Crippen molar-refractivity contribution >= 4 is 34.2 Å². The highest BCUT2D eigenvalue weighted by Crippen LogP contribution is 2.29. The first-order chi connectivity index (χ1) is 9.47. The number of hydrogen-bond donors (Lipinski definition) is 0. The van der Waals surface area contributed by atoms with Crippen LogP contribution in [-0.4, -0.2) is 9.55 Å². The summed E-state index contributed by atoms with van der Waals surface area (Å²) in [4.78, 5) is 4.52. The fourth-order valence-corrected chi connectivity index (χ4v) is 2.76. The van der Waals surface area contributed by atoms with Gasteiger partial charge < -0.3 is 4.57 Å². The summed E-state index contributed by atoms with van der Waals surface area (Å²) < 4.78 is 15.8. The Bertz CT molecular complexity index is 603. The molecule has 1 aromatic heterocycles. The number of fused-ring (bicyclic) bond motifs is 1. The highest BCUT2D eigenvalue weighted by atomic mass is 35.5. The number of aromatic nitrogens is 2. The Hall–Kier alpha value is -0.800. The first-order valence-corrected chi connectivity index (χ1v) is 7.78. The van der Waals surface area contributed by atoms with Crippen LogP contribution in [0.4, 0.5) is 4.39 Å². The van der Waals surface area contributed by atoms with Crippen LogP contribution < -0.4 is 0 Å². The van der Waals surface area contributed by atoms with Crippen LogP contribution in [0.25, 0.3) is 11.0 Å². The molecular formula is C15H19Cl2FN2. The molecule has 0 aliphatic carbocycles. The highest BCUT2D eigenvalue weighted by Gasteiger charge is 2.18. The van der Waals surface area contributed by atoms with Crippen molar-refractivity contribution in [3.8, 4) is 0 Å².